The highest BCUT2D eigenvalue weighted by Gasteiger charge is 2.41. The lowest BCUT2D eigenvalue weighted by Gasteiger charge is -2.37. The minimum Gasteiger partial charge on any atom is -0.496 e. The number of allylic oxidation sites excluding steroid dienone is 1. The average Bonchev–Trinajstić information content (AvgIpc) is 2.72. The highest BCUT2D eigenvalue weighted by Crippen LogP contribution is 2.39. The van der Waals surface area contributed by atoms with Crippen molar-refractivity contribution in [2.45, 2.75) is 38.1 Å². The average molecular weight is 399 g/mol. The van der Waals surface area contributed by atoms with E-state index in [0.717, 1.165) is 24.0 Å². The molecular weight excluding hydrogens is 376 g/mol. The van der Waals surface area contributed by atoms with E-state index in [1.54, 1.807) is 13.4 Å². The van der Waals surface area contributed by atoms with Gasteiger partial charge in [-0.25, -0.2) is 0 Å². The van der Waals surface area contributed by atoms with Gasteiger partial charge in [0.15, 0.2) is 5.78 Å². The number of carbonyl (C=O) groups excluding carboxylic acids is 1. The van der Waals surface area contributed by atoms with Gasteiger partial charge >= 0.3 is 0 Å². The lowest BCUT2D eigenvalue weighted by Crippen LogP contribution is -2.41. The highest BCUT2D eigenvalue weighted by atomic mass is 35.5. The molecule has 0 aromatic heterocycles. The van der Waals surface area contributed by atoms with Gasteiger partial charge in [0.2, 0.25) is 0 Å². The van der Waals surface area contributed by atoms with Crippen LogP contribution in [0.1, 0.15) is 30.4 Å². The van der Waals surface area contributed by atoms with Crippen LogP contribution in [0.5, 0.6) is 5.75 Å². The fourth-order valence-electron chi connectivity index (χ4n) is 4.01. The molecule has 4 nitrogen and oxygen atoms in total. The van der Waals surface area contributed by atoms with Crippen molar-refractivity contribution in [1.82, 2.24) is 0 Å². The number of Topliss-reactive ketones (excluding diaryl/α,β-unsaturated/α-hetero) is 1. The van der Waals surface area contributed by atoms with E-state index < -0.39 is 0 Å². The van der Waals surface area contributed by atoms with Crippen LogP contribution in [0.2, 0.25) is 5.02 Å². The topological polar surface area (TPSA) is 44.8 Å². The zero-order chi connectivity index (χ0) is 19.5. The summed E-state index contributed by atoms with van der Waals surface area (Å²) in [6, 6.07) is 15.2. The highest BCUT2D eigenvalue weighted by molar-refractivity contribution is 6.30. The number of para-hydroxylation sites is 1. The molecule has 0 bridgehead atoms. The summed E-state index contributed by atoms with van der Waals surface area (Å²) in [6.45, 7) is 0.513. The molecule has 2 aromatic carbocycles. The first-order chi connectivity index (χ1) is 13.7. The van der Waals surface area contributed by atoms with Crippen molar-refractivity contribution in [2.24, 2.45) is 5.92 Å². The van der Waals surface area contributed by atoms with Gasteiger partial charge in [-0.05, 0) is 36.6 Å². The quantitative estimate of drug-likeness (QED) is 0.707. The molecule has 3 unspecified atom stereocenters. The monoisotopic (exact) mass is 398 g/mol. The molecule has 1 saturated carbocycles. The zero-order valence-corrected chi connectivity index (χ0v) is 16.5. The van der Waals surface area contributed by atoms with E-state index in [2.05, 4.69) is 0 Å². The number of hydrogen-bond acceptors (Lipinski definition) is 4. The van der Waals surface area contributed by atoms with Crippen molar-refractivity contribution in [3.05, 3.63) is 70.9 Å². The summed E-state index contributed by atoms with van der Waals surface area (Å²) in [5.41, 5.74) is 2.43. The zero-order valence-electron chi connectivity index (χ0n) is 15.8. The number of carbonyl (C=O) groups is 1. The molecule has 1 fully saturated rings. The maximum Gasteiger partial charge on any atom is 0.173 e. The summed E-state index contributed by atoms with van der Waals surface area (Å²) >= 11 is 6.03. The standard InChI is InChI=1S/C23H23ClO4/c1-26-21-8-3-2-7-18(21)20-14-28-22-12-17(9-10-19(22)23(20)25)27-13-15-5-4-6-16(24)11-15/h2-8,11,14,17,19,22H,9-10,12-13H2,1H3. The van der Waals surface area contributed by atoms with Crippen LogP contribution in [0, 0.1) is 5.92 Å². The molecule has 0 spiro atoms. The molecule has 4 rings (SSSR count). The number of rotatable bonds is 5. The van der Waals surface area contributed by atoms with Crippen molar-refractivity contribution in [3.63, 3.8) is 0 Å². The Kier molecular flexibility index (Phi) is 5.69. The normalized spacial score (nSPS) is 24.1. The second-order valence-electron chi connectivity index (χ2n) is 7.25. The van der Waals surface area contributed by atoms with Gasteiger partial charge < -0.3 is 14.2 Å². The fourth-order valence-corrected chi connectivity index (χ4v) is 4.22. The minimum absolute atomic E-state index is 0.0780. The summed E-state index contributed by atoms with van der Waals surface area (Å²) in [5.74, 6) is 0.688. The van der Waals surface area contributed by atoms with Crippen LogP contribution < -0.4 is 4.74 Å². The number of halogens is 1. The van der Waals surface area contributed by atoms with Crippen LogP contribution >= 0.6 is 11.6 Å². The maximum absolute atomic E-state index is 13.1. The van der Waals surface area contributed by atoms with Crippen LogP contribution in [-0.4, -0.2) is 25.1 Å². The molecule has 28 heavy (non-hydrogen) atoms. The summed E-state index contributed by atoms with van der Waals surface area (Å²) in [7, 11) is 1.61. The van der Waals surface area contributed by atoms with Crippen molar-refractivity contribution in [3.8, 4) is 5.75 Å². The van der Waals surface area contributed by atoms with Gasteiger partial charge in [0.1, 0.15) is 11.9 Å². The number of hydrogen-bond donors (Lipinski definition) is 0. The Morgan fingerprint density at radius 1 is 1.14 bits per heavy atom. The van der Waals surface area contributed by atoms with Gasteiger partial charge in [-0.15, -0.1) is 0 Å². The Morgan fingerprint density at radius 3 is 2.82 bits per heavy atom. The maximum atomic E-state index is 13.1. The lowest BCUT2D eigenvalue weighted by molar-refractivity contribution is -0.128. The van der Waals surface area contributed by atoms with Gasteiger partial charge in [0.05, 0.1) is 37.6 Å². The van der Waals surface area contributed by atoms with Crippen molar-refractivity contribution < 1.29 is 19.0 Å². The number of benzene rings is 2. The Balaban J connectivity index is 1.42. The van der Waals surface area contributed by atoms with E-state index >= 15 is 0 Å². The molecule has 0 radical (unpaired) electrons. The number of ketones is 1. The predicted molar refractivity (Wildman–Crippen MR) is 108 cm³/mol. The molecule has 5 heteroatoms. The molecule has 0 amide bonds. The Bertz CT molecular complexity index is 892. The van der Waals surface area contributed by atoms with Crippen LogP contribution in [0.4, 0.5) is 0 Å². The van der Waals surface area contributed by atoms with Gasteiger partial charge in [0, 0.05) is 17.0 Å². The van der Waals surface area contributed by atoms with Crippen molar-refractivity contribution in [1.29, 1.82) is 0 Å². The molecule has 2 aromatic rings. The smallest absolute Gasteiger partial charge is 0.173 e. The second-order valence-corrected chi connectivity index (χ2v) is 7.69. The van der Waals surface area contributed by atoms with Gasteiger partial charge in [-0.2, -0.15) is 0 Å². The molecule has 1 heterocycles. The summed E-state index contributed by atoms with van der Waals surface area (Å²) in [4.78, 5) is 13.1. The molecular formula is C23H23ClO4. The van der Waals surface area contributed by atoms with Crippen LogP contribution in [0.15, 0.2) is 54.8 Å². The largest absolute Gasteiger partial charge is 0.496 e. The van der Waals surface area contributed by atoms with Crippen molar-refractivity contribution >= 4 is 23.0 Å². The molecule has 2 aliphatic rings. The van der Waals surface area contributed by atoms with Crippen LogP contribution in [-0.2, 0) is 20.9 Å². The third-order valence-electron chi connectivity index (χ3n) is 5.48. The predicted octanol–water partition coefficient (Wildman–Crippen LogP) is 5.04. The lowest BCUT2D eigenvalue weighted by atomic mass is 9.77. The number of methoxy groups -OCH3 is 1. The van der Waals surface area contributed by atoms with E-state index in [4.69, 9.17) is 25.8 Å². The van der Waals surface area contributed by atoms with Crippen LogP contribution in [0.25, 0.3) is 5.57 Å². The molecule has 1 aliphatic heterocycles. The van der Waals surface area contributed by atoms with E-state index in [1.807, 2.05) is 48.5 Å². The molecule has 146 valence electrons. The van der Waals surface area contributed by atoms with Crippen molar-refractivity contribution in [2.75, 3.05) is 7.11 Å². The van der Waals surface area contributed by atoms with E-state index in [0.29, 0.717) is 29.4 Å². The molecule has 1 aliphatic carbocycles. The molecule has 0 saturated heterocycles. The summed E-state index contributed by atoms with van der Waals surface area (Å²) < 4.78 is 17.5. The minimum atomic E-state index is -0.135. The summed E-state index contributed by atoms with van der Waals surface area (Å²) in [5, 5.41) is 0.708. The molecule has 3 atom stereocenters. The summed E-state index contributed by atoms with van der Waals surface area (Å²) in [6.07, 6.45) is 3.86. The third kappa shape index (κ3) is 3.94. The Morgan fingerprint density at radius 2 is 2.00 bits per heavy atom. The third-order valence-corrected chi connectivity index (χ3v) is 5.71. The molecule has 0 N–H and O–H groups in total. The second kappa shape index (κ2) is 8.38. The van der Waals surface area contributed by atoms with Gasteiger partial charge in [-0.3, -0.25) is 4.79 Å². The Labute approximate surface area is 170 Å². The first-order valence-corrected chi connectivity index (χ1v) is 9.93. The SMILES string of the molecule is COc1ccccc1C1=COC2CC(OCc3cccc(Cl)c3)CCC2C1=O. The first-order valence-electron chi connectivity index (χ1n) is 9.55. The first kappa shape index (κ1) is 19.0. The van der Waals surface area contributed by atoms with E-state index in [1.165, 1.54) is 0 Å². The number of fused-ring (bicyclic) bond motifs is 1. The Hall–Kier alpha value is -2.30. The van der Waals surface area contributed by atoms with Gasteiger partial charge in [0.25, 0.3) is 0 Å². The van der Waals surface area contributed by atoms with E-state index in [-0.39, 0.29) is 23.9 Å². The van der Waals surface area contributed by atoms with E-state index in [9.17, 15) is 4.79 Å². The van der Waals surface area contributed by atoms with Gasteiger partial charge in [-0.1, -0.05) is 41.9 Å². The fraction of sp³-hybridized carbons (Fsp3) is 0.348. The van der Waals surface area contributed by atoms with Crippen LogP contribution in [0.3, 0.4) is 0 Å². The number of ether oxygens (including phenoxy) is 3.